The van der Waals surface area contributed by atoms with Gasteiger partial charge in [-0.25, -0.2) is 9.13 Å². The van der Waals surface area contributed by atoms with Crippen molar-refractivity contribution in [3.05, 3.63) is 18.2 Å². The fraction of sp³-hybridized carbons (Fsp3) is 0.812. The van der Waals surface area contributed by atoms with Crippen molar-refractivity contribution >= 4 is 0 Å². The van der Waals surface area contributed by atoms with Crippen molar-refractivity contribution in [2.24, 2.45) is 7.05 Å². The van der Waals surface area contributed by atoms with E-state index >= 15 is 0 Å². The van der Waals surface area contributed by atoms with Gasteiger partial charge >= 0.3 is 0 Å². The van der Waals surface area contributed by atoms with Gasteiger partial charge in [-0.2, -0.15) is 0 Å². The molecule has 1 heterocycles. The first-order chi connectivity index (χ1) is 8.45. The lowest BCUT2D eigenvalue weighted by Gasteiger charge is -2.13. The number of aromatic nitrogens is 2. The predicted molar refractivity (Wildman–Crippen MR) is 77.7 cm³/mol. The minimum atomic E-state index is 0.237. The second kappa shape index (κ2) is 6.96. The molecule has 0 aromatic carbocycles. The van der Waals surface area contributed by atoms with Crippen LogP contribution in [0.4, 0.5) is 0 Å². The van der Waals surface area contributed by atoms with Crippen LogP contribution >= 0.6 is 0 Å². The topological polar surface area (TPSA) is 8.81 Å². The first-order valence-electron chi connectivity index (χ1n) is 7.51. The highest BCUT2D eigenvalue weighted by atomic mass is 15.1. The molecule has 18 heavy (non-hydrogen) atoms. The van der Waals surface area contributed by atoms with E-state index in [1.54, 1.807) is 0 Å². The van der Waals surface area contributed by atoms with E-state index in [0.29, 0.717) is 0 Å². The standard InChI is InChI=1S/C16H31N2/c1-6-7-8-9-10-11-12-18-13-15(16(2,3)4)17(5)14-18/h13-14H,6-12H2,1-5H3/q+1. The molecular weight excluding hydrogens is 220 g/mol. The molecule has 1 rings (SSSR count). The molecule has 0 atom stereocenters. The van der Waals surface area contributed by atoms with Crippen molar-refractivity contribution < 1.29 is 4.57 Å². The first kappa shape index (κ1) is 15.3. The molecule has 2 nitrogen and oxygen atoms in total. The molecule has 0 saturated heterocycles. The molecule has 0 radical (unpaired) electrons. The molecular formula is C16H31N2+. The summed E-state index contributed by atoms with van der Waals surface area (Å²) in [5, 5.41) is 0. The molecule has 0 bridgehead atoms. The maximum Gasteiger partial charge on any atom is 0.243 e. The molecule has 2 heteroatoms. The monoisotopic (exact) mass is 251 g/mol. The number of imidazole rings is 1. The number of aryl methyl sites for hydroxylation is 2. The second-order valence-corrected chi connectivity index (χ2v) is 6.50. The van der Waals surface area contributed by atoms with Gasteiger partial charge in [0.1, 0.15) is 11.9 Å². The van der Waals surface area contributed by atoms with Crippen molar-refractivity contribution in [1.82, 2.24) is 4.57 Å². The summed E-state index contributed by atoms with van der Waals surface area (Å²) in [7, 11) is 2.15. The molecule has 104 valence electrons. The maximum atomic E-state index is 2.35. The largest absolute Gasteiger partial charge is 0.243 e. The molecule has 0 unspecified atom stereocenters. The van der Waals surface area contributed by atoms with Crippen molar-refractivity contribution in [3.8, 4) is 0 Å². The van der Waals surface area contributed by atoms with E-state index in [1.807, 2.05) is 0 Å². The number of hydrogen-bond acceptors (Lipinski definition) is 0. The zero-order valence-corrected chi connectivity index (χ0v) is 13.0. The Morgan fingerprint density at radius 3 is 2.22 bits per heavy atom. The third kappa shape index (κ3) is 4.83. The number of rotatable bonds is 7. The van der Waals surface area contributed by atoms with Crippen LogP contribution in [0.1, 0.15) is 71.9 Å². The Bertz CT molecular complexity index is 344. The Hall–Kier alpha value is -0.790. The lowest BCUT2D eigenvalue weighted by Crippen LogP contribution is -2.36. The van der Waals surface area contributed by atoms with E-state index in [0.717, 1.165) is 6.54 Å². The predicted octanol–water partition coefficient (Wildman–Crippen LogP) is 3.97. The Morgan fingerprint density at radius 2 is 1.67 bits per heavy atom. The highest BCUT2D eigenvalue weighted by molar-refractivity contribution is 5.02. The summed E-state index contributed by atoms with van der Waals surface area (Å²) >= 11 is 0. The van der Waals surface area contributed by atoms with E-state index in [4.69, 9.17) is 0 Å². The highest BCUT2D eigenvalue weighted by Gasteiger charge is 2.23. The smallest absolute Gasteiger partial charge is 0.237 e. The molecule has 0 aliphatic carbocycles. The Kier molecular flexibility index (Phi) is 5.90. The van der Waals surface area contributed by atoms with Crippen molar-refractivity contribution in [2.75, 3.05) is 0 Å². The van der Waals surface area contributed by atoms with Gasteiger partial charge in [-0.1, -0.05) is 53.4 Å². The molecule has 0 saturated carbocycles. The van der Waals surface area contributed by atoms with Crippen LogP contribution in [0.25, 0.3) is 0 Å². The lowest BCUT2D eigenvalue weighted by atomic mass is 9.93. The molecule has 1 aromatic heterocycles. The molecule has 1 aromatic rings. The van der Waals surface area contributed by atoms with E-state index in [9.17, 15) is 0 Å². The summed E-state index contributed by atoms with van der Waals surface area (Å²) in [6.45, 7) is 10.3. The number of nitrogens with zero attached hydrogens (tertiary/aromatic N) is 2. The van der Waals surface area contributed by atoms with Gasteiger partial charge in [0.2, 0.25) is 6.33 Å². The summed E-state index contributed by atoms with van der Waals surface area (Å²) in [4.78, 5) is 0. The minimum absolute atomic E-state index is 0.237. The average molecular weight is 251 g/mol. The van der Waals surface area contributed by atoms with Gasteiger partial charge in [0, 0.05) is 5.41 Å². The summed E-state index contributed by atoms with van der Waals surface area (Å²) < 4.78 is 4.61. The molecule has 0 fully saturated rings. The van der Waals surface area contributed by atoms with Gasteiger partial charge < -0.3 is 0 Å². The zero-order chi connectivity index (χ0) is 13.6. The van der Waals surface area contributed by atoms with Crippen LogP contribution in [0, 0.1) is 0 Å². The first-order valence-corrected chi connectivity index (χ1v) is 7.51. The minimum Gasteiger partial charge on any atom is -0.237 e. The maximum absolute atomic E-state index is 2.35. The molecule has 0 aliphatic heterocycles. The highest BCUT2D eigenvalue weighted by Crippen LogP contribution is 2.18. The Labute approximate surface area is 113 Å². The molecule has 0 spiro atoms. The summed E-state index contributed by atoms with van der Waals surface area (Å²) in [5.41, 5.74) is 1.65. The Balaban J connectivity index is 2.35. The fourth-order valence-electron chi connectivity index (χ4n) is 2.49. The van der Waals surface area contributed by atoms with Crippen molar-refractivity contribution in [3.63, 3.8) is 0 Å². The van der Waals surface area contributed by atoms with E-state index in [1.165, 1.54) is 44.2 Å². The van der Waals surface area contributed by atoms with Crippen LogP contribution in [0.15, 0.2) is 12.5 Å². The van der Waals surface area contributed by atoms with Crippen LogP contribution in [0.5, 0.6) is 0 Å². The molecule has 0 N–H and O–H groups in total. The van der Waals surface area contributed by atoms with Gasteiger partial charge in [0.15, 0.2) is 0 Å². The SMILES string of the molecule is CCCCCCCCn1cc(C(C)(C)C)[n+](C)c1. The quantitative estimate of drug-likeness (QED) is 0.512. The summed E-state index contributed by atoms with van der Waals surface area (Å²) in [6, 6.07) is 0. The van der Waals surface area contributed by atoms with Gasteiger partial charge in [0.05, 0.1) is 13.6 Å². The van der Waals surface area contributed by atoms with Crippen LogP contribution in [0.3, 0.4) is 0 Å². The number of unbranched alkanes of at least 4 members (excludes halogenated alkanes) is 5. The van der Waals surface area contributed by atoms with Crippen LogP contribution in [0.2, 0.25) is 0 Å². The summed E-state index contributed by atoms with van der Waals surface area (Å²) in [6.07, 6.45) is 12.7. The third-order valence-corrected chi connectivity index (χ3v) is 3.53. The third-order valence-electron chi connectivity index (χ3n) is 3.53. The number of hydrogen-bond donors (Lipinski definition) is 0. The van der Waals surface area contributed by atoms with Crippen LogP contribution < -0.4 is 4.57 Å². The molecule has 0 amide bonds. The summed E-state index contributed by atoms with van der Waals surface area (Å²) in [5.74, 6) is 0. The second-order valence-electron chi connectivity index (χ2n) is 6.50. The lowest BCUT2D eigenvalue weighted by molar-refractivity contribution is -0.681. The van der Waals surface area contributed by atoms with Gasteiger partial charge in [0.25, 0.3) is 0 Å². The normalized spacial score (nSPS) is 12.1. The van der Waals surface area contributed by atoms with Crippen LogP contribution in [-0.4, -0.2) is 4.57 Å². The van der Waals surface area contributed by atoms with E-state index < -0.39 is 0 Å². The Morgan fingerprint density at radius 1 is 1.06 bits per heavy atom. The van der Waals surface area contributed by atoms with Gasteiger partial charge in [-0.15, -0.1) is 0 Å². The average Bonchev–Trinajstić information content (AvgIpc) is 2.64. The van der Waals surface area contributed by atoms with Crippen LogP contribution in [-0.2, 0) is 19.0 Å². The van der Waals surface area contributed by atoms with Gasteiger partial charge in [-0.05, 0) is 12.8 Å². The van der Waals surface area contributed by atoms with Gasteiger partial charge in [-0.3, -0.25) is 0 Å². The van der Waals surface area contributed by atoms with Crippen molar-refractivity contribution in [2.45, 2.75) is 78.2 Å². The van der Waals surface area contributed by atoms with E-state index in [-0.39, 0.29) is 5.41 Å². The molecule has 0 aliphatic rings. The van der Waals surface area contributed by atoms with E-state index in [2.05, 4.69) is 56.4 Å². The van der Waals surface area contributed by atoms with Crippen molar-refractivity contribution in [1.29, 1.82) is 0 Å². The fourth-order valence-corrected chi connectivity index (χ4v) is 2.49. The zero-order valence-electron chi connectivity index (χ0n) is 13.0.